The quantitative estimate of drug-likeness (QED) is 0.346. The summed E-state index contributed by atoms with van der Waals surface area (Å²) in [7, 11) is 0. The highest BCUT2D eigenvalue weighted by molar-refractivity contribution is 6.42. The summed E-state index contributed by atoms with van der Waals surface area (Å²) in [5.41, 5.74) is 3.77. The van der Waals surface area contributed by atoms with Gasteiger partial charge in [0.25, 0.3) is 0 Å². The molecule has 22 heavy (non-hydrogen) atoms. The van der Waals surface area contributed by atoms with Gasteiger partial charge in [0.05, 0.1) is 5.02 Å². The summed E-state index contributed by atoms with van der Waals surface area (Å²) in [6.07, 6.45) is 0. The van der Waals surface area contributed by atoms with Gasteiger partial charge < -0.3 is 0 Å². The van der Waals surface area contributed by atoms with Crippen LogP contribution < -0.4 is 0 Å². The van der Waals surface area contributed by atoms with E-state index in [0.717, 1.165) is 15.8 Å². The Bertz CT molecular complexity index is 942. The maximum Gasteiger partial charge on any atom is 0.0563 e. The molecule has 0 atom stereocenters. The van der Waals surface area contributed by atoms with Gasteiger partial charge in [-0.1, -0.05) is 90.0 Å². The fraction of sp³-hybridized carbons (Fsp3) is 0.0476. The van der Waals surface area contributed by atoms with Gasteiger partial charge in [-0.25, -0.2) is 0 Å². The van der Waals surface area contributed by atoms with Crippen LogP contribution in [0.15, 0.2) is 72.8 Å². The zero-order valence-corrected chi connectivity index (χ0v) is 13.1. The molecule has 0 saturated carbocycles. The Morgan fingerprint density at radius 3 is 1.73 bits per heavy atom. The molecule has 0 bridgehead atoms. The van der Waals surface area contributed by atoms with Crippen LogP contribution >= 0.6 is 11.6 Å². The standard InChI is InChI=1S/C21H15Cl/c1-14-7-6-8-15(13-14)20-16-9-2-4-11-18(16)21(22)19-12-5-3-10-17(19)20/h2-13H,1H3. The van der Waals surface area contributed by atoms with E-state index in [1.807, 2.05) is 12.1 Å². The molecule has 0 spiro atoms. The van der Waals surface area contributed by atoms with E-state index >= 15 is 0 Å². The van der Waals surface area contributed by atoms with Crippen molar-refractivity contribution >= 4 is 33.1 Å². The summed E-state index contributed by atoms with van der Waals surface area (Å²) in [4.78, 5) is 0. The second-order valence-corrected chi connectivity index (χ2v) is 6.03. The Labute approximate surface area is 135 Å². The fourth-order valence-corrected chi connectivity index (χ4v) is 3.52. The van der Waals surface area contributed by atoms with Gasteiger partial charge in [0.1, 0.15) is 0 Å². The summed E-state index contributed by atoms with van der Waals surface area (Å²) in [6.45, 7) is 2.13. The number of aryl methyl sites for hydroxylation is 1. The molecule has 0 aromatic heterocycles. The lowest BCUT2D eigenvalue weighted by Crippen LogP contribution is -1.87. The zero-order chi connectivity index (χ0) is 15.1. The van der Waals surface area contributed by atoms with Crippen LogP contribution in [-0.2, 0) is 0 Å². The number of hydrogen-bond acceptors (Lipinski definition) is 0. The lowest BCUT2D eigenvalue weighted by atomic mass is 9.91. The number of benzene rings is 4. The molecule has 0 fully saturated rings. The molecule has 4 aromatic rings. The Balaban J connectivity index is 2.26. The molecule has 1 heteroatoms. The largest absolute Gasteiger partial charge is 0.0830 e. The Kier molecular flexibility index (Phi) is 3.13. The highest BCUT2D eigenvalue weighted by atomic mass is 35.5. The lowest BCUT2D eigenvalue weighted by Gasteiger charge is -2.14. The first-order valence-corrected chi connectivity index (χ1v) is 7.79. The average molecular weight is 303 g/mol. The molecule has 0 radical (unpaired) electrons. The van der Waals surface area contributed by atoms with Crippen LogP contribution in [0.5, 0.6) is 0 Å². The van der Waals surface area contributed by atoms with Crippen LogP contribution in [0.1, 0.15) is 5.56 Å². The number of rotatable bonds is 1. The highest BCUT2D eigenvalue weighted by Gasteiger charge is 2.13. The van der Waals surface area contributed by atoms with Gasteiger partial charge in [0, 0.05) is 10.8 Å². The normalized spacial score (nSPS) is 11.2. The zero-order valence-electron chi connectivity index (χ0n) is 12.3. The number of fused-ring (bicyclic) bond motifs is 2. The van der Waals surface area contributed by atoms with Crippen LogP contribution in [0.2, 0.25) is 5.02 Å². The topological polar surface area (TPSA) is 0 Å². The molecule has 0 nitrogen and oxygen atoms in total. The molecule has 4 rings (SSSR count). The second kappa shape index (κ2) is 5.15. The first kappa shape index (κ1) is 13.4. The summed E-state index contributed by atoms with van der Waals surface area (Å²) < 4.78 is 0. The van der Waals surface area contributed by atoms with Gasteiger partial charge in [-0.3, -0.25) is 0 Å². The summed E-state index contributed by atoms with van der Waals surface area (Å²) in [5.74, 6) is 0. The van der Waals surface area contributed by atoms with E-state index in [4.69, 9.17) is 11.6 Å². The van der Waals surface area contributed by atoms with Crippen molar-refractivity contribution < 1.29 is 0 Å². The number of hydrogen-bond donors (Lipinski definition) is 0. The Hall–Kier alpha value is -2.31. The third kappa shape index (κ3) is 2.00. The van der Waals surface area contributed by atoms with Crippen molar-refractivity contribution in [2.75, 3.05) is 0 Å². The molecule has 0 saturated heterocycles. The van der Waals surface area contributed by atoms with Crippen molar-refractivity contribution in [3.63, 3.8) is 0 Å². The van der Waals surface area contributed by atoms with Crippen molar-refractivity contribution in [1.29, 1.82) is 0 Å². The third-order valence-corrected chi connectivity index (χ3v) is 4.58. The molecule has 0 aliphatic carbocycles. The summed E-state index contributed by atoms with van der Waals surface area (Å²) in [6, 6.07) is 25.4. The van der Waals surface area contributed by atoms with Crippen LogP contribution in [0.25, 0.3) is 32.7 Å². The van der Waals surface area contributed by atoms with Crippen molar-refractivity contribution in [1.82, 2.24) is 0 Å². The predicted molar refractivity (Wildman–Crippen MR) is 96.6 cm³/mol. The summed E-state index contributed by atoms with van der Waals surface area (Å²) >= 11 is 6.67. The second-order valence-electron chi connectivity index (χ2n) is 5.65. The van der Waals surface area contributed by atoms with Crippen molar-refractivity contribution in [3.8, 4) is 11.1 Å². The van der Waals surface area contributed by atoms with Crippen LogP contribution in [-0.4, -0.2) is 0 Å². The third-order valence-electron chi connectivity index (χ3n) is 4.17. The maximum absolute atomic E-state index is 6.67. The van der Waals surface area contributed by atoms with Gasteiger partial charge in [-0.2, -0.15) is 0 Å². The lowest BCUT2D eigenvalue weighted by molar-refractivity contribution is 1.47. The molecular weight excluding hydrogens is 288 g/mol. The van der Waals surface area contributed by atoms with Gasteiger partial charge >= 0.3 is 0 Å². The minimum atomic E-state index is 0.836. The van der Waals surface area contributed by atoms with E-state index in [1.165, 1.54) is 27.5 Å². The van der Waals surface area contributed by atoms with Gasteiger partial charge in [-0.05, 0) is 28.8 Å². The minimum absolute atomic E-state index is 0.836. The molecule has 0 unspecified atom stereocenters. The minimum Gasteiger partial charge on any atom is -0.0830 e. The highest BCUT2D eigenvalue weighted by Crippen LogP contribution is 2.41. The molecule has 0 N–H and O–H groups in total. The van der Waals surface area contributed by atoms with Gasteiger partial charge in [0.15, 0.2) is 0 Å². The molecule has 0 aliphatic rings. The SMILES string of the molecule is Cc1cccc(-c2c3ccccc3c(Cl)c3ccccc23)c1. The smallest absolute Gasteiger partial charge is 0.0563 e. The van der Waals surface area contributed by atoms with E-state index in [2.05, 4.69) is 67.6 Å². The first-order chi connectivity index (χ1) is 10.8. The van der Waals surface area contributed by atoms with E-state index in [0.29, 0.717) is 0 Å². The van der Waals surface area contributed by atoms with E-state index in [-0.39, 0.29) is 0 Å². The first-order valence-electron chi connectivity index (χ1n) is 7.42. The van der Waals surface area contributed by atoms with Crippen molar-refractivity contribution in [2.45, 2.75) is 6.92 Å². The van der Waals surface area contributed by atoms with Crippen molar-refractivity contribution in [3.05, 3.63) is 83.4 Å². The van der Waals surface area contributed by atoms with E-state index < -0.39 is 0 Å². The molecule has 4 aromatic carbocycles. The Morgan fingerprint density at radius 1 is 0.636 bits per heavy atom. The average Bonchev–Trinajstić information content (AvgIpc) is 2.55. The van der Waals surface area contributed by atoms with Crippen LogP contribution in [0.4, 0.5) is 0 Å². The molecule has 0 heterocycles. The van der Waals surface area contributed by atoms with Crippen LogP contribution in [0, 0.1) is 6.92 Å². The molecule has 106 valence electrons. The fourth-order valence-electron chi connectivity index (χ4n) is 3.19. The monoisotopic (exact) mass is 302 g/mol. The van der Waals surface area contributed by atoms with E-state index in [1.54, 1.807) is 0 Å². The molecular formula is C21H15Cl. The molecule has 0 amide bonds. The number of halogens is 1. The maximum atomic E-state index is 6.67. The Morgan fingerprint density at radius 2 is 1.18 bits per heavy atom. The van der Waals surface area contributed by atoms with Crippen LogP contribution in [0.3, 0.4) is 0 Å². The molecule has 0 aliphatic heterocycles. The predicted octanol–water partition coefficient (Wildman–Crippen LogP) is 6.62. The van der Waals surface area contributed by atoms with Crippen molar-refractivity contribution in [2.24, 2.45) is 0 Å². The summed E-state index contributed by atoms with van der Waals surface area (Å²) in [5, 5.41) is 5.47. The van der Waals surface area contributed by atoms with Gasteiger partial charge in [-0.15, -0.1) is 0 Å². The van der Waals surface area contributed by atoms with Gasteiger partial charge in [0.2, 0.25) is 0 Å². The van der Waals surface area contributed by atoms with E-state index in [9.17, 15) is 0 Å².